The highest BCUT2D eigenvalue weighted by Gasteiger charge is 2.33. The van der Waals surface area contributed by atoms with Crippen molar-refractivity contribution in [3.8, 4) is 6.07 Å². The molecule has 2 aliphatic carbocycles. The molecule has 0 heterocycles. The van der Waals surface area contributed by atoms with Crippen LogP contribution in [-0.2, 0) is 0 Å². The molecule has 6 heteroatoms. The second-order valence-corrected chi connectivity index (χ2v) is 7.19. The predicted octanol–water partition coefficient (Wildman–Crippen LogP) is 4.29. The highest BCUT2D eigenvalue weighted by Crippen LogP contribution is 2.37. The molecule has 0 aromatic rings. The van der Waals surface area contributed by atoms with Crippen molar-refractivity contribution >= 4 is 23.2 Å². The van der Waals surface area contributed by atoms with Gasteiger partial charge in [-0.05, 0) is 31.6 Å². The first kappa shape index (κ1) is 16.6. The van der Waals surface area contributed by atoms with Gasteiger partial charge in [0.2, 0.25) is 6.04 Å². The average molecular weight is 331 g/mol. The van der Waals surface area contributed by atoms with Gasteiger partial charge >= 0.3 is 0 Å². The minimum Gasteiger partial charge on any atom is -0.264 e. The van der Waals surface area contributed by atoms with Crippen LogP contribution in [0.5, 0.6) is 0 Å². The van der Waals surface area contributed by atoms with E-state index >= 15 is 0 Å². The second kappa shape index (κ2) is 7.47. The van der Waals surface area contributed by atoms with Crippen molar-refractivity contribution in [3.63, 3.8) is 0 Å². The SMILES string of the molecule is N#CC(=CC1C(Cl)CCCC1Cl)C1CCC([N+](=O)[O-])CC1. The molecule has 0 bridgehead atoms. The van der Waals surface area contributed by atoms with Gasteiger partial charge < -0.3 is 0 Å². The van der Waals surface area contributed by atoms with Gasteiger partial charge in [0.25, 0.3) is 0 Å². The first-order valence-electron chi connectivity index (χ1n) is 7.56. The molecule has 21 heavy (non-hydrogen) atoms. The number of halogens is 2. The summed E-state index contributed by atoms with van der Waals surface area (Å²) in [6.07, 6.45) is 7.35. The molecule has 2 atom stereocenters. The van der Waals surface area contributed by atoms with Gasteiger partial charge in [-0.3, -0.25) is 10.1 Å². The molecule has 2 unspecified atom stereocenters. The molecule has 2 saturated carbocycles. The fourth-order valence-electron chi connectivity index (χ4n) is 3.40. The molecular weight excluding hydrogens is 311 g/mol. The topological polar surface area (TPSA) is 66.9 Å². The second-order valence-electron chi connectivity index (χ2n) is 6.06. The fourth-order valence-corrected chi connectivity index (χ4v) is 4.28. The summed E-state index contributed by atoms with van der Waals surface area (Å²) in [5.74, 6) is 0.158. The van der Waals surface area contributed by atoms with Crippen LogP contribution < -0.4 is 0 Å². The Morgan fingerprint density at radius 3 is 2.19 bits per heavy atom. The summed E-state index contributed by atoms with van der Waals surface area (Å²) in [7, 11) is 0. The minimum atomic E-state index is -0.447. The lowest BCUT2D eigenvalue weighted by Crippen LogP contribution is -2.30. The molecule has 0 spiro atoms. The quantitative estimate of drug-likeness (QED) is 0.335. The van der Waals surface area contributed by atoms with Crippen molar-refractivity contribution in [2.24, 2.45) is 11.8 Å². The first-order chi connectivity index (χ1) is 10.0. The number of allylic oxidation sites excluding steroid dienone is 2. The third-order valence-corrected chi connectivity index (χ3v) is 5.75. The normalized spacial score (nSPS) is 37.8. The standard InChI is InChI=1S/C15H20Cl2N2O2/c16-14-2-1-3-15(17)13(14)8-11(9-18)10-4-6-12(7-5-10)19(20)21/h8,10,12-15H,1-7H2. The lowest BCUT2D eigenvalue weighted by atomic mass is 9.79. The molecular formula is C15H20Cl2N2O2. The monoisotopic (exact) mass is 330 g/mol. The largest absolute Gasteiger partial charge is 0.264 e. The predicted molar refractivity (Wildman–Crippen MR) is 83.1 cm³/mol. The van der Waals surface area contributed by atoms with E-state index in [1.54, 1.807) is 0 Å². The Bertz CT molecular complexity index is 443. The van der Waals surface area contributed by atoms with E-state index in [2.05, 4.69) is 6.07 Å². The van der Waals surface area contributed by atoms with E-state index in [-0.39, 0.29) is 27.5 Å². The van der Waals surface area contributed by atoms with Gasteiger partial charge in [-0.25, -0.2) is 0 Å². The Labute approximate surface area is 135 Å². The molecule has 2 aliphatic rings. The van der Waals surface area contributed by atoms with Crippen molar-refractivity contribution in [2.75, 3.05) is 0 Å². The number of nitrogens with zero attached hydrogens (tertiary/aromatic N) is 2. The van der Waals surface area contributed by atoms with Crippen LogP contribution in [0.1, 0.15) is 44.9 Å². The molecule has 0 amide bonds. The third kappa shape index (κ3) is 4.11. The minimum absolute atomic E-state index is 0.0142. The van der Waals surface area contributed by atoms with Crippen LogP contribution in [0.15, 0.2) is 11.6 Å². The maximum atomic E-state index is 10.8. The molecule has 0 radical (unpaired) electrons. The average Bonchev–Trinajstić information content (AvgIpc) is 2.47. The summed E-state index contributed by atoms with van der Waals surface area (Å²) >= 11 is 12.7. The summed E-state index contributed by atoms with van der Waals surface area (Å²) < 4.78 is 0. The maximum Gasteiger partial charge on any atom is 0.213 e. The van der Waals surface area contributed by atoms with E-state index in [4.69, 9.17) is 23.2 Å². The summed E-state index contributed by atoms with van der Waals surface area (Å²) in [6, 6.07) is 1.83. The Hall–Kier alpha value is -0.790. The number of nitriles is 1. The summed E-state index contributed by atoms with van der Waals surface area (Å²) in [5.41, 5.74) is 0.722. The molecule has 4 nitrogen and oxygen atoms in total. The summed E-state index contributed by atoms with van der Waals surface area (Å²) in [5, 5.41) is 20.2. The number of alkyl halides is 2. The highest BCUT2D eigenvalue weighted by atomic mass is 35.5. The van der Waals surface area contributed by atoms with Crippen molar-refractivity contribution in [3.05, 3.63) is 21.8 Å². The van der Waals surface area contributed by atoms with E-state index in [0.29, 0.717) is 25.7 Å². The molecule has 0 aromatic carbocycles. The first-order valence-corrected chi connectivity index (χ1v) is 8.43. The van der Waals surface area contributed by atoms with Crippen LogP contribution in [0, 0.1) is 33.3 Å². The van der Waals surface area contributed by atoms with E-state index in [1.165, 1.54) is 0 Å². The van der Waals surface area contributed by atoms with Crippen LogP contribution in [0.2, 0.25) is 0 Å². The maximum absolute atomic E-state index is 10.8. The molecule has 0 N–H and O–H groups in total. The van der Waals surface area contributed by atoms with Crippen LogP contribution in [0.3, 0.4) is 0 Å². The Kier molecular flexibility index (Phi) is 5.89. The van der Waals surface area contributed by atoms with Gasteiger partial charge in [0.1, 0.15) is 0 Å². The van der Waals surface area contributed by atoms with Gasteiger partial charge in [-0.2, -0.15) is 5.26 Å². The molecule has 2 rings (SSSR count). The highest BCUT2D eigenvalue weighted by molar-refractivity contribution is 6.24. The van der Waals surface area contributed by atoms with E-state index in [0.717, 1.165) is 24.8 Å². The third-order valence-electron chi connectivity index (χ3n) is 4.73. The van der Waals surface area contributed by atoms with Gasteiger partial charge in [-0.1, -0.05) is 12.5 Å². The van der Waals surface area contributed by atoms with Crippen molar-refractivity contribution in [2.45, 2.75) is 61.7 Å². The Balaban J connectivity index is 2.04. The fraction of sp³-hybridized carbons (Fsp3) is 0.800. The van der Waals surface area contributed by atoms with E-state index in [1.807, 2.05) is 6.08 Å². The smallest absolute Gasteiger partial charge is 0.213 e. The zero-order chi connectivity index (χ0) is 15.4. The molecule has 0 saturated heterocycles. The summed E-state index contributed by atoms with van der Waals surface area (Å²) in [6.45, 7) is 0. The number of nitro groups is 1. The number of rotatable bonds is 3. The van der Waals surface area contributed by atoms with Crippen molar-refractivity contribution in [1.29, 1.82) is 5.26 Å². The van der Waals surface area contributed by atoms with Crippen LogP contribution in [0.25, 0.3) is 0 Å². The molecule has 0 aromatic heterocycles. The lowest BCUT2D eigenvalue weighted by molar-refractivity contribution is -0.526. The van der Waals surface area contributed by atoms with Crippen LogP contribution in [-0.4, -0.2) is 21.7 Å². The van der Waals surface area contributed by atoms with Crippen molar-refractivity contribution < 1.29 is 4.92 Å². The molecule has 0 aliphatic heterocycles. The number of hydrogen-bond acceptors (Lipinski definition) is 3. The number of hydrogen-bond donors (Lipinski definition) is 0. The van der Waals surface area contributed by atoms with Gasteiger partial charge in [0, 0.05) is 40.0 Å². The Morgan fingerprint density at radius 2 is 1.71 bits per heavy atom. The van der Waals surface area contributed by atoms with E-state index in [9.17, 15) is 15.4 Å². The van der Waals surface area contributed by atoms with E-state index < -0.39 is 6.04 Å². The molecule has 116 valence electrons. The van der Waals surface area contributed by atoms with Gasteiger partial charge in [-0.15, -0.1) is 23.2 Å². The lowest BCUT2D eigenvalue weighted by Gasteiger charge is -2.31. The van der Waals surface area contributed by atoms with Crippen LogP contribution >= 0.6 is 23.2 Å². The Morgan fingerprint density at radius 1 is 1.14 bits per heavy atom. The van der Waals surface area contributed by atoms with Crippen LogP contribution in [0.4, 0.5) is 0 Å². The van der Waals surface area contributed by atoms with Gasteiger partial charge in [0.15, 0.2) is 0 Å². The zero-order valence-electron chi connectivity index (χ0n) is 11.9. The molecule has 2 fully saturated rings. The van der Waals surface area contributed by atoms with Crippen molar-refractivity contribution in [1.82, 2.24) is 0 Å². The summed E-state index contributed by atoms with van der Waals surface area (Å²) in [4.78, 5) is 10.6. The zero-order valence-corrected chi connectivity index (χ0v) is 13.4. The van der Waals surface area contributed by atoms with Gasteiger partial charge in [0.05, 0.1) is 6.07 Å².